The monoisotopic (exact) mass is 485 g/mol. The lowest BCUT2D eigenvalue weighted by Crippen LogP contribution is -2.49. The number of benzene rings is 1. The first-order valence-electron chi connectivity index (χ1n) is 8.52. The molecule has 0 unspecified atom stereocenters. The molecular formula is C18H27F3IN3O. The van der Waals surface area contributed by atoms with E-state index in [9.17, 15) is 13.2 Å². The van der Waals surface area contributed by atoms with E-state index in [0.717, 1.165) is 43.9 Å². The van der Waals surface area contributed by atoms with Crippen LogP contribution in [0.1, 0.15) is 36.8 Å². The molecule has 0 saturated heterocycles. The molecule has 1 fully saturated rings. The van der Waals surface area contributed by atoms with Crippen LogP contribution in [0.4, 0.5) is 13.2 Å². The summed E-state index contributed by atoms with van der Waals surface area (Å²) in [5.41, 5.74) is -0.0972. The van der Waals surface area contributed by atoms with Gasteiger partial charge in [0.05, 0.1) is 5.56 Å². The lowest BCUT2D eigenvalue weighted by Gasteiger charge is -2.43. The van der Waals surface area contributed by atoms with E-state index in [1.807, 2.05) is 0 Å². The number of nitrogens with zero attached hydrogens (tertiary/aromatic N) is 1. The molecule has 0 spiro atoms. The molecule has 0 amide bonds. The molecule has 0 aliphatic heterocycles. The van der Waals surface area contributed by atoms with Crippen molar-refractivity contribution in [3.05, 3.63) is 35.4 Å². The minimum atomic E-state index is -4.31. The van der Waals surface area contributed by atoms with Crippen LogP contribution in [-0.2, 0) is 16.3 Å². The fraction of sp³-hybridized carbons (Fsp3) is 0.611. The Kier molecular flexibility index (Phi) is 9.15. The highest BCUT2D eigenvalue weighted by atomic mass is 127. The van der Waals surface area contributed by atoms with Crippen molar-refractivity contribution in [1.82, 2.24) is 10.6 Å². The van der Waals surface area contributed by atoms with Crippen LogP contribution in [0.2, 0.25) is 0 Å². The van der Waals surface area contributed by atoms with Crippen LogP contribution in [0.15, 0.2) is 29.3 Å². The lowest BCUT2D eigenvalue weighted by atomic mass is 9.64. The number of guanidine groups is 1. The zero-order chi connectivity index (χ0) is 18.3. The first kappa shape index (κ1) is 23.0. The highest BCUT2D eigenvalue weighted by Gasteiger charge is 2.40. The van der Waals surface area contributed by atoms with Crippen molar-refractivity contribution in [2.24, 2.45) is 4.99 Å². The Hall–Kier alpha value is -1.03. The molecule has 1 aromatic rings. The van der Waals surface area contributed by atoms with Crippen LogP contribution in [0, 0.1) is 0 Å². The summed E-state index contributed by atoms with van der Waals surface area (Å²) in [5, 5.41) is 6.45. The van der Waals surface area contributed by atoms with Gasteiger partial charge in [-0.15, -0.1) is 24.0 Å². The molecule has 0 heterocycles. The standard InChI is InChI=1S/C18H26F3N3O.HI/c1-22-16(23-10-5-11-25-2)24-13-17(8-4-9-17)14-6-3-7-15(12-14)18(19,20)21;/h3,6-7,12H,4-5,8-11,13H2,1-2H3,(H2,22,23,24);1H. The third-order valence-electron chi connectivity index (χ3n) is 4.75. The number of methoxy groups -OCH3 is 1. The molecule has 1 saturated carbocycles. The highest BCUT2D eigenvalue weighted by molar-refractivity contribution is 14.0. The van der Waals surface area contributed by atoms with E-state index in [-0.39, 0.29) is 29.4 Å². The second kappa shape index (κ2) is 10.3. The van der Waals surface area contributed by atoms with Crippen molar-refractivity contribution in [2.45, 2.75) is 37.3 Å². The molecule has 1 aliphatic rings. The van der Waals surface area contributed by atoms with Gasteiger partial charge >= 0.3 is 6.18 Å². The minimum Gasteiger partial charge on any atom is -0.385 e. The average molecular weight is 485 g/mol. The van der Waals surface area contributed by atoms with Gasteiger partial charge in [-0.2, -0.15) is 13.2 Å². The number of ether oxygens (including phenoxy) is 1. The fourth-order valence-corrected chi connectivity index (χ4v) is 3.09. The van der Waals surface area contributed by atoms with Gasteiger partial charge in [-0.25, -0.2) is 0 Å². The van der Waals surface area contributed by atoms with Crippen LogP contribution in [0.5, 0.6) is 0 Å². The highest BCUT2D eigenvalue weighted by Crippen LogP contribution is 2.44. The van der Waals surface area contributed by atoms with Gasteiger partial charge in [0.25, 0.3) is 0 Å². The van der Waals surface area contributed by atoms with E-state index in [2.05, 4.69) is 15.6 Å². The molecule has 8 heteroatoms. The maximum absolute atomic E-state index is 13.0. The average Bonchev–Trinajstić information content (AvgIpc) is 2.55. The summed E-state index contributed by atoms with van der Waals surface area (Å²) in [4.78, 5) is 4.17. The number of hydrogen-bond acceptors (Lipinski definition) is 2. The first-order chi connectivity index (χ1) is 11.9. The topological polar surface area (TPSA) is 45.7 Å². The number of hydrogen-bond donors (Lipinski definition) is 2. The van der Waals surface area contributed by atoms with E-state index in [4.69, 9.17) is 4.74 Å². The van der Waals surface area contributed by atoms with Crippen molar-refractivity contribution in [2.75, 3.05) is 33.9 Å². The number of alkyl halides is 3. The molecular weight excluding hydrogens is 458 g/mol. The molecule has 1 aliphatic carbocycles. The van der Waals surface area contributed by atoms with Crippen molar-refractivity contribution in [1.29, 1.82) is 0 Å². The maximum atomic E-state index is 13.0. The number of rotatable bonds is 7. The van der Waals surface area contributed by atoms with Crippen LogP contribution in [0.25, 0.3) is 0 Å². The Morgan fingerprint density at radius 2 is 2.00 bits per heavy atom. The molecule has 4 nitrogen and oxygen atoms in total. The summed E-state index contributed by atoms with van der Waals surface area (Å²) in [6.07, 6.45) is -0.676. The minimum absolute atomic E-state index is 0. The largest absolute Gasteiger partial charge is 0.416 e. The van der Waals surface area contributed by atoms with Crippen molar-refractivity contribution in [3.63, 3.8) is 0 Å². The van der Waals surface area contributed by atoms with E-state index in [1.165, 1.54) is 12.1 Å². The zero-order valence-corrected chi connectivity index (χ0v) is 17.5. The quantitative estimate of drug-likeness (QED) is 0.266. The Balaban J connectivity index is 0.00000338. The Bertz CT molecular complexity index is 589. The van der Waals surface area contributed by atoms with Gasteiger partial charge < -0.3 is 15.4 Å². The van der Waals surface area contributed by atoms with E-state index in [1.54, 1.807) is 20.2 Å². The van der Waals surface area contributed by atoms with E-state index in [0.29, 0.717) is 19.1 Å². The van der Waals surface area contributed by atoms with Crippen LogP contribution in [-0.4, -0.2) is 39.8 Å². The zero-order valence-electron chi connectivity index (χ0n) is 15.2. The van der Waals surface area contributed by atoms with Gasteiger partial charge in [0.15, 0.2) is 5.96 Å². The Morgan fingerprint density at radius 3 is 2.54 bits per heavy atom. The summed E-state index contributed by atoms with van der Waals surface area (Å²) >= 11 is 0. The van der Waals surface area contributed by atoms with Gasteiger partial charge in [-0.3, -0.25) is 4.99 Å². The second-order valence-corrected chi connectivity index (χ2v) is 6.41. The molecule has 0 atom stereocenters. The SMILES string of the molecule is CN=C(NCCCOC)NCC1(c2cccc(C(F)(F)F)c2)CCC1.I. The molecule has 2 rings (SSSR count). The Labute approximate surface area is 170 Å². The molecule has 2 N–H and O–H groups in total. The summed E-state index contributed by atoms with van der Waals surface area (Å²) in [6, 6.07) is 5.70. The molecule has 0 radical (unpaired) electrons. The fourth-order valence-electron chi connectivity index (χ4n) is 3.09. The number of aliphatic imine (C=N–C) groups is 1. The van der Waals surface area contributed by atoms with Gasteiger partial charge in [0, 0.05) is 39.3 Å². The smallest absolute Gasteiger partial charge is 0.385 e. The summed E-state index contributed by atoms with van der Waals surface area (Å²) < 4.78 is 44.0. The summed E-state index contributed by atoms with van der Waals surface area (Å²) in [5.74, 6) is 0.661. The van der Waals surface area contributed by atoms with Gasteiger partial charge in [0.2, 0.25) is 0 Å². The molecule has 0 bridgehead atoms. The summed E-state index contributed by atoms with van der Waals surface area (Å²) in [6.45, 7) is 1.96. The molecule has 1 aromatic carbocycles. The third-order valence-corrected chi connectivity index (χ3v) is 4.75. The van der Waals surface area contributed by atoms with Gasteiger partial charge in [-0.05, 0) is 30.9 Å². The maximum Gasteiger partial charge on any atom is 0.416 e. The van der Waals surface area contributed by atoms with E-state index >= 15 is 0 Å². The van der Waals surface area contributed by atoms with Crippen molar-refractivity contribution < 1.29 is 17.9 Å². The predicted molar refractivity (Wildman–Crippen MR) is 108 cm³/mol. The van der Waals surface area contributed by atoms with Crippen molar-refractivity contribution in [3.8, 4) is 0 Å². The lowest BCUT2D eigenvalue weighted by molar-refractivity contribution is -0.137. The van der Waals surface area contributed by atoms with Crippen LogP contribution < -0.4 is 10.6 Å². The molecule has 148 valence electrons. The first-order valence-corrected chi connectivity index (χ1v) is 8.52. The Morgan fingerprint density at radius 1 is 1.27 bits per heavy atom. The normalized spacial score (nSPS) is 16.4. The predicted octanol–water partition coefficient (Wildman–Crippen LogP) is 3.95. The van der Waals surface area contributed by atoms with Gasteiger partial charge in [0.1, 0.15) is 0 Å². The second-order valence-electron chi connectivity index (χ2n) is 6.41. The van der Waals surface area contributed by atoms with Crippen LogP contribution in [0.3, 0.4) is 0 Å². The number of halogens is 4. The van der Waals surface area contributed by atoms with Gasteiger partial charge in [-0.1, -0.05) is 24.6 Å². The molecule has 26 heavy (non-hydrogen) atoms. The van der Waals surface area contributed by atoms with Crippen molar-refractivity contribution >= 4 is 29.9 Å². The summed E-state index contributed by atoms with van der Waals surface area (Å²) in [7, 11) is 3.34. The third kappa shape index (κ3) is 6.00. The number of nitrogens with one attached hydrogen (secondary N) is 2. The molecule has 0 aromatic heterocycles. The van der Waals surface area contributed by atoms with Crippen LogP contribution >= 0.6 is 24.0 Å². The van der Waals surface area contributed by atoms with E-state index < -0.39 is 11.7 Å².